The molecule has 1 aromatic rings. The number of nitrogens with one attached hydrogen (secondary N) is 1. The monoisotopic (exact) mass is 458 g/mol. The number of ether oxygens (including phenoxy) is 1. The van der Waals surface area contributed by atoms with Crippen LogP contribution in [-0.2, 0) is 10.0 Å². The van der Waals surface area contributed by atoms with Gasteiger partial charge in [0.25, 0.3) is 0 Å². The highest BCUT2D eigenvalue weighted by molar-refractivity contribution is 7.89. The van der Waals surface area contributed by atoms with E-state index < -0.39 is 10.0 Å². The van der Waals surface area contributed by atoms with Gasteiger partial charge in [-0.15, -0.1) is 0 Å². The number of methoxy groups -OCH3 is 1. The second-order valence-electron chi connectivity index (χ2n) is 7.84. The predicted molar refractivity (Wildman–Crippen MR) is 117 cm³/mol. The summed E-state index contributed by atoms with van der Waals surface area (Å²) in [5, 5.41) is 3.27. The molecule has 0 radical (unpaired) electrons. The first-order chi connectivity index (χ1) is 14.3. The van der Waals surface area contributed by atoms with Crippen LogP contribution in [0, 0.1) is 0 Å². The normalized spacial score (nSPS) is 17.9. The molecule has 0 atom stereocenters. The molecule has 1 aliphatic carbocycles. The summed E-state index contributed by atoms with van der Waals surface area (Å²) in [6.07, 6.45) is 4.60. The zero-order valence-electron chi connectivity index (χ0n) is 17.6. The zero-order chi connectivity index (χ0) is 21.7. The van der Waals surface area contributed by atoms with E-state index in [4.69, 9.17) is 16.3 Å². The minimum Gasteiger partial charge on any atom is -0.495 e. The van der Waals surface area contributed by atoms with Gasteiger partial charge in [-0.25, -0.2) is 13.2 Å². The molecule has 0 spiro atoms. The molecule has 168 valence electrons. The van der Waals surface area contributed by atoms with E-state index >= 15 is 0 Å². The first-order valence-electron chi connectivity index (χ1n) is 10.4. The van der Waals surface area contributed by atoms with Gasteiger partial charge in [-0.05, 0) is 57.5 Å². The Labute approximate surface area is 184 Å². The smallest absolute Gasteiger partial charge is 0.317 e. The Balaban J connectivity index is 1.44. The van der Waals surface area contributed by atoms with Crippen molar-refractivity contribution in [3.8, 4) is 5.75 Å². The highest BCUT2D eigenvalue weighted by Crippen LogP contribution is 2.30. The lowest BCUT2D eigenvalue weighted by molar-refractivity contribution is 0.172. The third kappa shape index (κ3) is 5.78. The standard InChI is InChI=1S/C20H31ClN4O4S/c1-23(17-6-7-17)10-4-3-9-22-20(26)24-11-13-25(14-12-24)30(27,28)19-15-16(21)5-8-18(19)29-2/h5,8,15,17H,3-4,6-7,9-14H2,1-2H3,(H,22,26). The van der Waals surface area contributed by atoms with Crippen LogP contribution in [0.25, 0.3) is 0 Å². The quantitative estimate of drug-likeness (QED) is 0.574. The molecule has 1 heterocycles. The second-order valence-corrected chi connectivity index (χ2v) is 10.2. The maximum atomic E-state index is 13.0. The van der Waals surface area contributed by atoms with Gasteiger partial charge in [-0.2, -0.15) is 4.31 Å². The van der Waals surface area contributed by atoms with Crippen molar-refractivity contribution >= 4 is 27.7 Å². The summed E-state index contributed by atoms with van der Waals surface area (Å²) >= 11 is 5.99. The zero-order valence-corrected chi connectivity index (χ0v) is 19.2. The van der Waals surface area contributed by atoms with Gasteiger partial charge in [-0.1, -0.05) is 11.6 Å². The van der Waals surface area contributed by atoms with E-state index in [0.29, 0.717) is 24.7 Å². The molecule has 2 amide bonds. The van der Waals surface area contributed by atoms with E-state index in [-0.39, 0.29) is 29.8 Å². The van der Waals surface area contributed by atoms with Gasteiger partial charge >= 0.3 is 6.03 Å². The summed E-state index contributed by atoms with van der Waals surface area (Å²) in [5.74, 6) is 0.256. The van der Waals surface area contributed by atoms with Crippen molar-refractivity contribution in [1.29, 1.82) is 0 Å². The maximum Gasteiger partial charge on any atom is 0.317 e. The van der Waals surface area contributed by atoms with Crippen molar-refractivity contribution in [3.05, 3.63) is 23.2 Å². The third-order valence-corrected chi connectivity index (χ3v) is 7.81. The number of hydrogen-bond donors (Lipinski definition) is 1. The van der Waals surface area contributed by atoms with E-state index in [0.717, 1.165) is 25.4 Å². The van der Waals surface area contributed by atoms with Crippen LogP contribution in [0.3, 0.4) is 0 Å². The molecule has 0 aromatic heterocycles. The Morgan fingerprint density at radius 1 is 1.23 bits per heavy atom. The summed E-state index contributed by atoms with van der Waals surface area (Å²) < 4.78 is 32.6. The van der Waals surface area contributed by atoms with Crippen LogP contribution in [0.15, 0.2) is 23.1 Å². The summed E-state index contributed by atoms with van der Waals surface area (Å²) in [4.78, 5) is 16.5. The number of halogens is 1. The van der Waals surface area contributed by atoms with E-state index in [9.17, 15) is 13.2 Å². The third-order valence-electron chi connectivity index (χ3n) is 5.65. The minimum atomic E-state index is -3.75. The molecule has 8 nitrogen and oxygen atoms in total. The second kappa shape index (κ2) is 10.2. The minimum absolute atomic E-state index is 0.0477. The molecule has 1 N–H and O–H groups in total. The van der Waals surface area contributed by atoms with Crippen LogP contribution in [0.1, 0.15) is 25.7 Å². The topological polar surface area (TPSA) is 82.2 Å². The van der Waals surface area contributed by atoms with Crippen LogP contribution in [0.4, 0.5) is 4.79 Å². The molecular weight excluding hydrogens is 428 g/mol. The van der Waals surface area contributed by atoms with Crippen LogP contribution in [0.5, 0.6) is 5.75 Å². The van der Waals surface area contributed by atoms with Crippen molar-refractivity contribution in [2.75, 3.05) is 53.4 Å². The molecule has 1 aliphatic heterocycles. The largest absolute Gasteiger partial charge is 0.495 e. The average molecular weight is 459 g/mol. The molecule has 2 fully saturated rings. The van der Waals surface area contributed by atoms with Gasteiger partial charge in [0.15, 0.2) is 0 Å². The Morgan fingerprint density at radius 2 is 1.93 bits per heavy atom. The van der Waals surface area contributed by atoms with Crippen molar-refractivity contribution in [1.82, 2.24) is 19.4 Å². The molecule has 0 unspecified atom stereocenters. The number of unbranched alkanes of at least 4 members (excludes halogenated alkanes) is 1. The summed E-state index contributed by atoms with van der Waals surface area (Å²) in [5.41, 5.74) is 0. The molecule has 10 heteroatoms. The molecule has 1 aromatic carbocycles. The number of carbonyl (C=O) groups is 1. The summed E-state index contributed by atoms with van der Waals surface area (Å²) in [6.45, 7) is 2.85. The van der Waals surface area contributed by atoms with E-state index in [1.807, 2.05) is 0 Å². The lowest BCUT2D eigenvalue weighted by Crippen LogP contribution is -2.53. The van der Waals surface area contributed by atoms with Crippen molar-refractivity contribution in [2.45, 2.75) is 36.6 Å². The summed E-state index contributed by atoms with van der Waals surface area (Å²) in [6, 6.07) is 5.16. The Morgan fingerprint density at radius 3 is 2.57 bits per heavy atom. The lowest BCUT2D eigenvalue weighted by atomic mass is 10.3. The van der Waals surface area contributed by atoms with Gasteiger partial charge in [0, 0.05) is 43.8 Å². The molecule has 3 rings (SSSR count). The number of sulfonamides is 1. The fourth-order valence-corrected chi connectivity index (χ4v) is 5.45. The van der Waals surface area contributed by atoms with Crippen molar-refractivity contribution in [2.24, 2.45) is 0 Å². The average Bonchev–Trinajstić information content (AvgIpc) is 3.59. The Kier molecular flexibility index (Phi) is 7.84. The molecule has 2 aliphatic rings. The van der Waals surface area contributed by atoms with Gasteiger partial charge in [-0.3, -0.25) is 0 Å². The van der Waals surface area contributed by atoms with Crippen LogP contribution < -0.4 is 10.1 Å². The first-order valence-corrected chi connectivity index (χ1v) is 12.2. The number of rotatable bonds is 9. The molecule has 1 saturated heterocycles. The van der Waals surface area contributed by atoms with Crippen molar-refractivity contribution < 1.29 is 17.9 Å². The van der Waals surface area contributed by atoms with E-state index in [1.54, 1.807) is 17.0 Å². The number of piperazine rings is 1. The van der Waals surface area contributed by atoms with Crippen LogP contribution in [0.2, 0.25) is 5.02 Å². The number of urea groups is 1. The fraction of sp³-hybridized carbons (Fsp3) is 0.650. The van der Waals surface area contributed by atoms with Gasteiger partial charge < -0.3 is 19.9 Å². The van der Waals surface area contributed by atoms with E-state index in [1.165, 1.54) is 30.3 Å². The van der Waals surface area contributed by atoms with E-state index in [2.05, 4.69) is 17.3 Å². The van der Waals surface area contributed by atoms with Crippen molar-refractivity contribution in [3.63, 3.8) is 0 Å². The fourth-order valence-electron chi connectivity index (χ4n) is 3.61. The summed E-state index contributed by atoms with van der Waals surface area (Å²) in [7, 11) is -0.169. The predicted octanol–water partition coefficient (Wildman–Crippen LogP) is 2.24. The highest BCUT2D eigenvalue weighted by Gasteiger charge is 2.32. The highest BCUT2D eigenvalue weighted by atomic mass is 35.5. The number of benzene rings is 1. The maximum absolute atomic E-state index is 13.0. The van der Waals surface area contributed by atoms with Crippen LogP contribution in [-0.4, -0.2) is 88.0 Å². The number of nitrogens with zero attached hydrogens (tertiary/aromatic N) is 3. The van der Waals surface area contributed by atoms with Gasteiger partial charge in [0.05, 0.1) is 7.11 Å². The number of hydrogen-bond acceptors (Lipinski definition) is 5. The molecule has 0 bridgehead atoms. The number of carbonyl (C=O) groups excluding carboxylic acids is 1. The molecular formula is C20H31ClN4O4S. The Hall–Kier alpha value is -1.55. The number of amides is 2. The van der Waals surface area contributed by atoms with Crippen LogP contribution >= 0.6 is 11.6 Å². The molecule has 1 saturated carbocycles. The SMILES string of the molecule is COc1ccc(Cl)cc1S(=O)(=O)N1CCN(C(=O)NCCCCN(C)C2CC2)CC1. The molecule has 30 heavy (non-hydrogen) atoms. The first kappa shape index (κ1) is 23.1. The van der Waals surface area contributed by atoms with Gasteiger partial charge in [0.2, 0.25) is 10.0 Å². The Bertz CT molecular complexity index is 839. The van der Waals surface area contributed by atoms with Gasteiger partial charge in [0.1, 0.15) is 10.6 Å². The lowest BCUT2D eigenvalue weighted by Gasteiger charge is -2.34.